The molecule has 6 nitrogen and oxygen atoms in total. The third kappa shape index (κ3) is 5.62. The zero-order valence-corrected chi connectivity index (χ0v) is 15.1. The second-order valence-corrected chi connectivity index (χ2v) is 6.25. The van der Waals surface area contributed by atoms with Gasteiger partial charge in [0, 0.05) is 13.7 Å². The lowest BCUT2D eigenvalue weighted by Crippen LogP contribution is -2.41. The molecule has 1 aromatic carbocycles. The van der Waals surface area contributed by atoms with Crippen molar-refractivity contribution in [1.29, 1.82) is 0 Å². The lowest BCUT2D eigenvalue weighted by atomic mass is 10.0. The van der Waals surface area contributed by atoms with Gasteiger partial charge in [-0.2, -0.15) is 0 Å². The quantitative estimate of drug-likeness (QED) is 0.720. The summed E-state index contributed by atoms with van der Waals surface area (Å²) in [4.78, 5) is 12.1. The minimum atomic E-state index is -0.768. The number of benzene rings is 1. The van der Waals surface area contributed by atoms with Crippen molar-refractivity contribution < 1.29 is 19.1 Å². The van der Waals surface area contributed by atoms with Crippen molar-refractivity contribution >= 4 is 6.03 Å². The molecule has 0 spiro atoms. The molecule has 1 heterocycles. The molecule has 0 saturated carbocycles. The SMILES string of the molecule is COC[C@@H](NC(=O)NC[C@H](O)c1cc(C)cc(C)c1)c1ccc(C)o1. The summed E-state index contributed by atoms with van der Waals surface area (Å²) in [6, 6.07) is 8.73. The number of carbonyl (C=O) groups is 1. The van der Waals surface area contributed by atoms with Gasteiger partial charge in [0.2, 0.25) is 0 Å². The number of methoxy groups -OCH3 is 1. The fraction of sp³-hybridized carbons (Fsp3) is 0.421. The van der Waals surface area contributed by atoms with Gasteiger partial charge < -0.3 is 24.9 Å². The van der Waals surface area contributed by atoms with E-state index in [9.17, 15) is 9.90 Å². The van der Waals surface area contributed by atoms with Gasteiger partial charge in [-0.05, 0) is 38.5 Å². The number of aliphatic hydroxyl groups is 1. The van der Waals surface area contributed by atoms with E-state index < -0.39 is 12.1 Å². The Kier molecular flexibility index (Phi) is 6.61. The third-order valence-electron chi connectivity index (χ3n) is 3.83. The van der Waals surface area contributed by atoms with Crippen LogP contribution in [0.1, 0.15) is 40.4 Å². The van der Waals surface area contributed by atoms with Crippen LogP contribution in [-0.2, 0) is 4.74 Å². The van der Waals surface area contributed by atoms with Crippen molar-refractivity contribution in [3.63, 3.8) is 0 Å². The predicted molar refractivity (Wildman–Crippen MR) is 95.5 cm³/mol. The summed E-state index contributed by atoms with van der Waals surface area (Å²) in [5.74, 6) is 1.40. The summed E-state index contributed by atoms with van der Waals surface area (Å²) in [7, 11) is 1.56. The van der Waals surface area contributed by atoms with E-state index in [2.05, 4.69) is 10.6 Å². The van der Waals surface area contributed by atoms with Crippen LogP contribution in [0.4, 0.5) is 4.79 Å². The minimum Gasteiger partial charge on any atom is -0.464 e. The van der Waals surface area contributed by atoms with Crippen LogP contribution in [-0.4, -0.2) is 31.4 Å². The normalized spacial score (nSPS) is 13.3. The van der Waals surface area contributed by atoms with E-state index in [1.807, 2.05) is 51.1 Å². The molecular formula is C19H26N2O4. The average molecular weight is 346 g/mol. The number of aryl methyl sites for hydroxylation is 3. The lowest BCUT2D eigenvalue weighted by molar-refractivity contribution is 0.152. The number of ether oxygens (including phenoxy) is 1. The molecule has 2 atom stereocenters. The predicted octanol–water partition coefficient (Wildman–Crippen LogP) is 2.93. The van der Waals surface area contributed by atoms with Crippen molar-refractivity contribution in [2.75, 3.05) is 20.3 Å². The van der Waals surface area contributed by atoms with Gasteiger partial charge in [-0.3, -0.25) is 0 Å². The Labute approximate surface area is 148 Å². The van der Waals surface area contributed by atoms with Crippen LogP contribution in [0.3, 0.4) is 0 Å². The summed E-state index contributed by atoms with van der Waals surface area (Å²) < 4.78 is 10.7. The smallest absolute Gasteiger partial charge is 0.315 e. The molecule has 0 bridgehead atoms. The molecule has 0 radical (unpaired) electrons. The van der Waals surface area contributed by atoms with Crippen molar-refractivity contribution in [3.05, 3.63) is 58.5 Å². The molecule has 6 heteroatoms. The highest BCUT2D eigenvalue weighted by Crippen LogP contribution is 2.18. The zero-order valence-electron chi connectivity index (χ0n) is 15.1. The first kappa shape index (κ1) is 19.0. The molecule has 0 aliphatic carbocycles. The van der Waals surface area contributed by atoms with Gasteiger partial charge in [0.1, 0.15) is 17.6 Å². The summed E-state index contributed by atoms with van der Waals surface area (Å²) in [5, 5.41) is 15.8. The van der Waals surface area contributed by atoms with Crippen LogP contribution in [0.25, 0.3) is 0 Å². The van der Waals surface area contributed by atoms with Crippen molar-refractivity contribution in [1.82, 2.24) is 10.6 Å². The molecule has 2 rings (SSSR count). The fourth-order valence-corrected chi connectivity index (χ4v) is 2.72. The van der Waals surface area contributed by atoms with Crippen LogP contribution in [0.15, 0.2) is 34.7 Å². The number of carbonyl (C=O) groups excluding carboxylic acids is 1. The van der Waals surface area contributed by atoms with Crippen molar-refractivity contribution in [2.45, 2.75) is 32.9 Å². The molecule has 0 aliphatic heterocycles. The second-order valence-electron chi connectivity index (χ2n) is 6.25. The highest BCUT2D eigenvalue weighted by molar-refractivity contribution is 5.74. The largest absolute Gasteiger partial charge is 0.464 e. The number of urea groups is 1. The number of nitrogens with one attached hydrogen (secondary N) is 2. The van der Waals surface area contributed by atoms with Gasteiger partial charge in [0.05, 0.1) is 12.7 Å². The summed E-state index contributed by atoms with van der Waals surface area (Å²) in [6.07, 6.45) is -0.768. The van der Waals surface area contributed by atoms with Crippen LogP contribution >= 0.6 is 0 Å². The van der Waals surface area contributed by atoms with Gasteiger partial charge in [-0.15, -0.1) is 0 Å². The first-order valence-electron chi connectivity index (χ1n) is 8.25. The third-order valence-corrected chi connectivity index (χ3v) is 3.83. The molecule has 25 heavy (non-hydrogen) atoms. The first-order valence-corrected chi connectivity index (χ1v) is 8.25. The van der Waals surface area contributed by atoms with Crippen LogP contribution in [0.5, 0.6) is 0 Å². The van der Waals surface area contributed by atoms with Gasteiger partial charge in [0.25, 0.3) is 0 Å². The maximum atomic E-state index is 12.1. The lowest BCUT2D eigenvalue weighted by Gasteiger charge is -2.18. The topological polar surface area (TPSA) is 83.7 Å². The zero-order chi connectivity index (χ0) is 18.4. The summed E-state index contributed by atoms with van der Waals surface area (Å²) in [6.45, 7) is 6.20. The molecule has 0 unspecified atom stereocenters. The Morgan fingerprint density at radius 1 is 1.20 bits per heavy atom. The molecular weight excluding hydrogens is 320 g/mol. The number of hydrogen-bond donors (Lipinski definition) is 3. The summed E-state index contributed by atoms with van der Waals surface area (Å²) in [5.41, 5.74) is 2.94. The van der Waals surface area contributed by atoms with E-state index in [0.29, 0.717) is 12.4 Å². The molecule has 0 aliphatic rings. The minimum absolute atomic E-state index is 0.117. The molecule has 0 saturated heterocycles. The Bertz CT molecular complexity index is 691. The highest BCUT2D eigenvalue weighted by Gasteiger charge is 2.18. The van der Waals surface area contributed by atoms with Gasteiger partial charge in [-0.1, -0.05) is 29.3 Å². The Morgan fingerprint density at radius 2 is 1.88 bits per heavy atom. The van der Waals surface area contributed by atoms with Crippen LogP contribution < -0.4 is 10.6 Å². The highest BCUT2D eigenvalue weighted by atomic mass is 16.5. The first-order chi connectivity index (χ1) is 11.9. The molecule has 3 N–H and O–H groups in total. The number of hydrogen-bond acceptors (Lipinski definition) is 4. The Morgan fingerprint density at radius 3 is 2.44 bits per heavy atom. The molecule has 136 valence electrons. The van der Waals surface area contributed by atoms with Gasteiger partial charge in [-0.25, -0.2) is 4.79 Å². The molecule has 2 aromatic rings. The molecule has 0 fully saturated rings. The maximum Gasteiger partial charge on any atom is 0.315 e. The second kappa shape index (κ2) is 8.69. The van der Waals surface area contributed by atoms with E-state index in [-0.39, 0.29) is 12.6 Å². The average Bonchev–Trinajstić information content (AvgIpc) is 2.97. The number of furan rings is 1. The Balaban J connectivity index is 1.92. The monoisotopic (exact) mass is 346 g/mol. The number of aliphatic hydroxyl groups excluding tert-OH is 1. The number of rotatable bonds is 7. The molecule has 2 amide bonds. The number of amides is 2. The maximum absolute atomic E-state index is 12.1. The summed E-state index contributed by atoms with van der Waals surface area (Å²) >= 11 is 0. The van der Waals surface area contributed by atoms with Crippen LogP contribution in [0, 0.1) is 20.8 Å². The van der Waals surface area contributed by atoms with E-state index in [0.717, 1.165) is 22.5 Å². The fourth-order valence-electron chi connectivity index (χ4n) is 2.72. The van der Waals surface area contributed by atoms with Crippen LogP contribution in [0.2, 0.25) is 0 Å². The van der Waals surface area contributed by atoms with E-state index in [1.165, 1.54) is 0 Å². The van der Waals surface area contributed by atoms with Gasteiger partial charge >= 0.3 is 6.03 Å². The molecule has 1 aromatic heterocycles. The van der Waals surface area contributed by atoms with E-state index in [4.69, 9.17) is 9.15 Å². The van der Waals surface area contributed by atoms with E-state index in [1.54, 1.807) is 7.11 Å². The van der Waals surface area contributed by atoms with Gasteiger partial charge in [0.15, 0.2) is 0 Å². The van der Waals surface area contributed by atoms with E-state index >= 15 is 0 Å². The standard InChI is InChI=1S/C19H26N2O4/c1-12-7-13(2)9-15(8-12)17(22)10-20-19(23)21-16(11-24-4)18-6-5-14(3)25-18/h5-9,16-17,22H,10-11H2,1-4H3,(H2,20,21,23)/t16-,17+/m1/s1. The Hall–Kier alpha value is -2.31. The van der Waals surface area contributed by atoms with Crippen molar-refractivity contribution in [2.24, 2.45) is 0 Å². The van der Waals surface area contributed by atoms with Crippen molar-refractivity contribution in [3.8, 4) is 0 Å².